The number of nitrogen functional groups attached to an aromatic ring is 1. The second kappa shape index (κ2) is 4.85. The maximum absolute atomic E-state index is 6.09. The first-order valence-corrected chi connectivity index (χ1v) is 7.52. The number of nitrogens with two attached hydrogens (primary N) is 1. The fourth-order valence-corrected chi connectivity index (χ4v) is 3.61. The van der Waals surface area contributed by atoms with Crippen molar-refractivity contribution in [3.05, 3.63) is 39.3 Å². The fourth-order valence-electron chi connectivity index (χ4n) is 2.66. The van der Waals surface area contributed by atoms with Crippen LogP contribution in [-0.4, -0.2) is 11.5 Å². The van der Waals surface area contributed by atoms with E-state index in [0.717, 1.165) is 30.9 Å². The van der Waals surface area contributed by atoms with Gasteiger partial charge in [-0.25, -0.2) is 4.98 Å². The summed E-state index contributed by atoms with van der Waals surface area (Å²) in [4.78, 5) is 8.37. The number of thiazole rings is 1. The van der Waals surface area contributed by atoms with Gasteiger partial charge in [0.15, 0.2) is 0 Å². The molecule has 19 heavy (non-hydrogen) atoms. The van der Waals surface area contributed by atoms with Crippen molar-refractivity contribution in [2.75, 3.05) is 17.2 Å². The van der Waals surface area contributed by atoms with Gasteiger partial charge in [0, 0.05) is 22.8 Å². The van der Waals surface area contributed by atoms with Crippen LogP contribution in [0.2, 0.25) is 0 Å². The van der Waals surface area contributed by atoms with E-state index in [1.807, 2.05) is 12.1 Å². The van der Waals surface area contributed by atoms with Gasteiger partial charge in [-0.2, -0.15) is 0 Å². The van der Waals surface area contributed by atoms with Crippen LogP contribution in [0.15, 0.2) is 18.2 Å². The van der Waals surface area contributed by atoms with Crippen LogP contribution in [0.1, 0.15) is 27.6 Å². The lowest BCUT2D eigenvalue weighted by Crippen LogP contribution is -2.29. The number of nitrogens with zero attached hydrogens (tertiary/aromatic N) is 2. The number of aromatic nitrogens is 1. The van der Waals surface area contributed by atoms with Crippen molar-refractivity contribution >= 4 is 22.7 Å². The van der Waals surface area contributed by atoms with Gasteiger partial charge in [-0.3, -0.25) is 0 Å². The third kappa shape index (κ3) is 2.32. The molecule has 0 bridgehead atoms. The summed E-state index contributed by atoms with van der Waals surface area (Å²) in [6.07, 6.45) is 2.26. The van der Waals surface area contributed by atoms with Crippen LogP contribution in [-0.2, 0) is 13.0 Å². The molecule has 3 rings (SSSR count). The predicted molar refractivity (Wildman–Crippen MR) is 81.8 cm³/mol. The maximum Gasteiger partial charge on any atom is 0.112 e. The summed E-state index contributed by atoms with van der Waals surface area (Å²) in [6.45, 7) is 6.21. The first-order valence-electron chi connectivity index (χ1n) is 6.70. The first-order chi connectivity index (χ1) is 9.15. The molecule has 0 radical (unpaired) electrons. The smallest absolute Gasteiger partial charge is 0.112 e. The number of rotatable bonds is 2. The minimum absolute atomic E-state index is 0.899. The number of hydrogen-bond acceptors (Lipinski definition) is 4. The Morgan fingerprint density at radius 2 is 2.21 bits per heavy atom. The molecule has 0 atom stereocenters. The van der Waals surface area contributed by atoms with Crippen LogP contribution in [0, 0.1) is 13.8 Å². The Hall–Kier alpha value is -1.55. The van der Waals surface area contributed by atoms with Crippen LogP contribution in [0.5, 0.6) is 0 Å². The fraction of sp³-hybridized carbons (Fsp3) is 0.400. The van der Waals surface area contributed by atoms with Crippen molar-refractivity contribution in [1.82, 2.24) is 4.98 Å². The van der Waals surface area contributed by atoms with Crippen molar-refractivity contribution in [3.63, 3.8) is 0 Å². The number of aryl methyl sites for hydroxylation is 2. The zero-order valence-corrected chi connectivity index (χ0v) is 12.3. The molecule has 4 heteroatoms. The Bertz CT molecular complexity index is 584. The molecule has 0 saturated carbocycles. The van der Waals surface area contributed by atoms with E-state index in [1.165, 1.54) is 27.6 Å². The third-order valence-corrected chi connectivity index (χ3v) is 4.84. The molecular weight excluding hydrogens is 254 g/mol. The Balaban J connectivity index is 1.89. The molecule has 0 spiro atoms. The van der Waals surface area contributed by atoms with Gasteiger partial charge in [-0.1, -0.05) is 6.07 Å². The maximum atomic E-state index is 6.09. The molecule has 2 N–H and O–H groups in total. The van der Waals surface area contributed by atoms with Gasteiger partial charge in [0.2, 0.25) is 0 Å². The van der Waals surface area contributed by atoms with Crippen LogP contribution < -0.4 is 10.6 Å². The predicted octanol–water partition coefficient (Wildman–Crippen LogP) is 3.29. The third-order valence-electron chi connectivity index (χ3n) is 3.78. The molecule has 0 aliphatic carbocycles. The van der Waals surface area contributed by atoms with E-state index < -0.39 is 0 Å². The summed E-state index contributed by atoms with van der Waals surface area (Å²) in [7, 11) is 0. The molecule has 1 aliphatic rings. The molecule has 1 aromatic carbocycles. The van der Waals surface area contributed by atoms with Crippen LogP contribution in [0.3, 0.4) is 0 Å². The summed E-state index contributed by atoms with van der Waals surface area (Å²) in [5.74, 6) is 0. The molecule has 1 aromatic heterocycles. The van der Waals surface area contributed by atoms with Gasteiger partial charge in [0.25, 0.3) is 0 Å². The van der Waals surface area contributed by atoms with Gasteiger partial charge in [0.1, 0.15) is 5.01 Å². The number of hydrogen-bond donors (Lipinski definition) is 1. The standard InChI is InChI=1S/C15H19N3S/c1-10-11(2)19-15(17-10)9-18-8-4-5-12-13(16)6-3-7-14(12)18/h3,6-7H,4-5,8-9,16H2,1-2H3. The molecule has 100 valence electrons. The molecule has 0 unspecified atom stereocenters. The van der Waals surface area contributed by atoms with Gasteiger partial charge in [-0.15, -0.1) is 11.3 Å². The largest absolute Gasteiger partial charge is 0.398 e. The Kier molecular flexibility index (Phi) is 3.19. The second-order valence-corrected chi connectivity index (χ2v) is 6.41. The monoisotopic (exact) mass is 273 g/mol. The summed E-state index contributed by atoms with van der Waals surface area (Å²) in [5, 5.41) is 1.20. The van der Waals surface area contributed by atoms with E-state index in [4.69, 9.17) is 5.73 Å². The van der Waals surface area contributed by atoms with E-state index in [2.05, 4.69) is 29.8 Å². The SMILES string of the molecule is Cc1nc(CN2CCCc3c(N)cccc32)sc1C. The van der Waals surface area contributed by atoms with E-state index >= 15 is 0 Å². The zero-order valence-electron chi connectivity index (χ0n) is 11.4. The van der Waals surface area contributed by atoms with Gasteiger partial charge in [-0.05, 0) is 44.4 Å². The lowest BCUT2D eigenvalue weighted by Gasteiger charge is -2.31. The van der Waals surface area contributed by atoms with Gasteiger partial charge >= 0.3 is 0 Å². The molecule has 2 heterocycles. The average Bonchev–Trinajstić information content (AvgIpc) is 2.70. The Morgan fingerprint density at radius 1 is 1.37 bits per heavy atom. The van der Waals surface area contributed by atoms with Crippen molar-refractivity contribution in [1.29, 1.82) is 0 Å². The highest BCUT2D eigenvalue weighted by molar-refractivity contribution is 7.11. The number of fused-ring (bicyclic) bond motifs is 1. The summed E-state index contributed by atoms with van der Waals surface area (Å²) < 4.78 is 0. The molecule has 2 aromatic rings. The van der Waals surface area contributed by atoms with Gasteiger partial charge in [0.05, 0.1) is 12.2 Å². The Morgan fingerprint density at radius 3 is 2.95 bits per heavy atom. The van der Waals surface area contributed by atoms with Gasteiger partial charge < -0.3 is 10.6 Å². The minimum Gasteiger partial charge on any atom is -0.398 e. The van der Waals surface area contributed by atoms with Crippen molar-refractivity contribution in [3.8, 4) is 0 Å². The van der Waals surface area contributed by atoms with E-state index in [0.29, 0.717) is 0 Å². The van der Waals surface area contributed by atoms with Crippen molar-refractivity contribution in [2.24, 2.45) is 0 Å². The highest BCUT2D eigenvalue weighted by atomic mass is 32.1. The van der Waals surface area contributed by atoms with E-state index in [1.54, 1.807) is 11.3 Å². The highest BCUT2D eigenvalue weighted by Crippen LogP contribution is 2.32. The molecular formula is C15H19N3S. The zero-order chi connectivity index (χ0) is 13.4. The lowest BCUT2D eigenvalue weighted by molar-refractivity contribution is 0.690. The van der Waals surface area contributed by atoms with Crippen LogP contribution in [0.4, 0.5) is 11.4 Å². The molecule has 0 amide bonds. The Labute approximate surface area is 118 Å². The second-order valence-electron chi connectivity index (χ2n) is 5.12. The summed E-state index contributed by atoms with van der Waals surface area (Å²) in [5.41, 5.74) is 10.8. The number of anilines is 2. The number of benzene rings is 1. The molecule has 0 saturated heterocycles. The summed E-state index contributed by atoms with van der Waals surface area (Å²) >= 11 is 1.80. The van der Waals surface area contributed by atoms with Crippen molar-refractivity contribution in [2.45, 2.75) is 33.2 Å². The average molecular weight is 273 g/mol. The van der Waals surface area contributed by atoms with Crippen LogP contribution >= 0.6 is 11.3 Å². The van der Waals surface area contributed by atoms with E-state index in [9.17, 15) is 0 Å². The van der Waals surface area contributed by atoms with Crippen LogP contribution in [0.25, 0.3) is 0 Å². The molecule has 1 aliphatic heterocycles. The molecule has 0 fully saturated rings. The minimum atomic E-state index is 0.899. The quantitative estimate of drug-likeness (QED) is 0.854. The van der Waals surface area contributed by atoms with Crippen molar-refractivity contribution < 1.29 is 0 Å². The first kappa shape index (κ1) is 12.5. The normalized spacial score (nSPS) is 14.5. The lowest BCUT2D eigenvalue weighted by atomic mass is 10.00. The summed E-state index contributed by atoms with van der Waals surface area (Å²) in [6, 6.07) is 6.23. The molecule has 3 nitrogen and oxygen atoms in total. The highest BCUT2D eigenvalue weighted by Gasteiger charge is 2.19. The van der Waals surface area contributed by atoms with E-state index in [-0.39, 0.29) is 0 Å². The topological polar surface area (TPSA) is 42.2 Å².